The van der Waals surface area contributed by atoms with Crippen LogP contribution in [-0.4, -0.2) is 52.0 Å². The van der Waals surface area contributed by atoms with Gasteiger partial charge < -0.3 is 14.5 Å². The molecular weight excluding hydrogens is 305 g/mol. The Kier molecular flexibility index (Phi) is 5.40. The Balaban J connectivity index is 2.11. The maximum Gasteiger partial charge on any atom is 0.228 e. The van der Waals surface area contributed by atoms with E-state index >= 15 is 0 Å². The number of alkyl halides is 1. The molecule has 22 heavy (non-hydrogen) atoms. The molecule has 1 saturated heterocycles. The second-order valence-corrected chi connectivity index (χ2v) is 11.6. The first kappa shape index (κ1) is 17.6. The van der Waals surface area contributed by atoms with Crippen molar-refractivity contribution in [3.63, 3.8) is 0 Å². The van der Waals surface area contributed by atoms with E-state index in [0.29, 0.717) is 6.42 Å². The summed E-state index contributed by atoms with van der Waals surface area (Å²) in [5.41, 5.74) is 0. The van der Waals surface area contributed by atoms with Crippen molar-refractivity contribution in [1.29, 1.82) is 0 Å². The van der Waals surface area contributed by atoms with Crippen molar-refractivity contribution in [2.24, 2.45) is 11.8 Å². The van der Waals surface area contributed by atoms with Gasteiger partial charge in [0.15, 0.2) is 14.1 Å². The summed E-state index contributed by atoms with van der Waals surface area (Å²) >= 11 is 0. The average Bonchev–Trinajstić information content (AvgIpc) is 2.43. The molecule has 1 saturated carbocycles. The van der Waals surface area contributed by atoms with Gasteiger partial charge in [0.2, 0.25) is 5.91 Å². The van der Waals surface area contributed by atoms with Gasteiger partial charge >= 0.3 is 0 Å². The average molecular weight is 331 g/mol. The van der Waals surface area contributed by atoms with Crippen LogP contribution in [0, 0.1) is 11.8 Å². The molecule has 1 aliphatic heterocycles. The van der Waals surface area contributed by atoms with Crippen LogP contribution in [0.5, 0.6) is 0 Å². The van der Waals surface area contributed by atoms with Crippen molar-refractivity contribution < 1.29 is 23.1 Å². The Hall–Kier alpha value is -0.793. The maximum atomic E-state index is 13.4. The maximum absolute atomic E-state index is 13.4. The molecule has 0 aromatic heterocycles. The first-order chi connectivity index (χ1) is 10.3. The molecule has 0 radical (unpaired) electrons. The summed E-state index contributed by atoms with van der Waals surface area (Å²) in [5.74, 6) is -1.05. The molecule has 1 heterocycles. The molecule has 0 bridgehead atoms. The number of carbonyl (C=O) groups is 2. The third kappa shape index (κ3) is 3.57. The summed E-state index contributed by atoms with van der Waals surface area (Å²) in [6, 6.07) is -0.324. The van der Waals surface area contributed by atoms with Crippen LogP contribution in [0.2, 0.25) is 19.6 Å². The van der Waals surface area contributed by atoms with E-state index in [0.717, 1.165) is 12.8 Å². The molecule has 2 fully saturated rings. The van der Waals surface area contributed by atoms with Crippen LogP contribution in [-0.2, 0) is 18.8 Å². The monoisotopic (exact) mass is 331 g/mol. The summed E-state index contributed by atoms with van der Waals surface area (Å²) in [6.07, 6.45) is 1.16. The predicted octanol–water partition coefficient (Wildman–Crippen LogP) is 1.67. The molecule has 5 atom stereocenters. The number of ketones is 1. The Morgan fingerprint density at radius 1 is 1.32 bits per heavy atom. The number of β-lactam (4-membered cyclic amide) rings is 1. The predicted molar refractivity (Wildman–Crippen MR) is 82.8 cm³/mol. The fraction of sp³-hybridized carbons (Fsp3) is 0.867. The van der Waals surface area contributed by atoms with Gasteiger partial charge in [-0.25, -0.2) is 4.39 Å². The molecule has 0 aromatic carbocycles. The van der Waals surface area contributed by atoms with E-state index in [1.807, 2.05) is 19.6 Å². The van der Waals surface area contributed by atoms with Crippen LogP contribution in [0.1, 0.15) is 19.3 Å². The highest BCUT2D eigenvalue weighted by atomic mass is 28.4. The van der Waals surface area contributed by atoms with E-state index < -0.39 is 33.1 Å². The molecule has 0 aromatic rings. The van der Waals surface area contributed by atoms with Crippen LogP contribution in [0.25, 0.3) is 0 Å². The van der Waals surface area contributed by atoms with Gasteiger partial charge in [-0.2, -0.15) is 0 Å². The van der Waals surface area contributed by atoms with Crippen LogP contribution in [0.4, 0.5) is 4.39 Å². The number of hydrogen-bond donors (Lipinski definition) is 1. The standard InChI is InChI=1S/C15H26FNO4Si/c1-20-10-7-5-6-9(14(10)18)13-12(15(19)17-13)11(8-16)21-22(2,3)4/h9-13H,5-8H2,1-4H3,(H,17,19)/t9-,10+,11?,12?,13-/m1/s1. The lowest BCUT2D eigenvalue weighted by Crippen LogP contribution is -2.68. The van der Waals surface area contributed by atoms with Crippen LogP contribution >= 0.6 is 0 Å². The van der Waals surface area contributed by atoms with Crippen molar-refractivity contribution in [1.82, 2.24) is 5.32 Å². The van der Waals surface area contributed by atoms with Crippen molar-refractivity contribution >= 4 is 20.0 Å². The molecule has 2 unspecified atom stereocenters. The Morgan fingerprint density at radius 2 is 2.00 bits per heavy atom. The molecule has 126 valence electrons. The minimum absolute atomic E-state index is 0.0226. The van der Waals surface area contributed by atoms with E-state index in [1.165, 1.54) is 7.11 Å². The van der Waals surface area contributed by atoms with Crippen LogP contribution < -0.4 is 5.32 Å². The molecule has 1 amide bonds. The lowest BCUT2D eigenvalue weighted by molar-refractivity contribution is -0.150. The Labute approximate surface area is 132 Å². The zero-order chi connectivity index (χ0) is 16.5. The van der Waals surface area contributed by atoms with Gasteiger partial charge in [0.25, 0.3) is 0 Å². The third-order valence-electron chi connectivity index (χ3n) is 4.44. The largest absolute Gasteiger partial charge is 0.411 e. The SMILES string of the molecule is CO[C@H]1CCC[C@H]([C@H]2NC(=O)C2C(CF)O[Si](C)(C)C)C1=O. The number of hydrogen-bond acceptors (Lipinski definition) is 4. The van der Waals surface area contributed by atoms with Gasteiger partial charge in [-0.15, -0.1) is 0 Å². The van der Waals surface area contributed by atoms with Gasteiger partial charge in [0, 0.05) is 13.0 Å². The zero-order valence-corrected chi connectivity index (χ0v) is 14.7. The van der Waals surface area contributed by atoms with E-state index in [2.05, 4.69) is 5.32 Å². The third-order valence-corrected chi connectivity index (χ3v) is 5.45. The Bertz CT molecular complexity index is 440. The topological polar surface area (TPSA) is 64.6 Å². The van der Waals surface area contributed by atoms with E-state index in [1.54, 1.807) is 0 Å². The first-order valence-electron chi connectivity index (χ1n) is 7.89. The summed E-state index contributed by atoms with van der Waals surface area (Å²) in [5, 5.41) is 2.79. The number of Topliss-reactive ketones (excluding diaryl/α,β-unsaturated/α-hetero) is 1. The summed E-state index contributed by atoms with van der Waals surface area (Å²) in [7, 11) is -0.434. The molecular formula is C15H26FNO4Si. The zero-order valence-electron chi connectivity index (χ0n) is 13.7. The molecule has 2 rings (SSSR count). The van der Waals surface area contributed by atoms with Crippen LogP contribution in [0.15, 0.2) is 0 Å². The van der Waals surface area contributed by atoms with Crippen molar-refractivity contribution in [2.45, 2.75) is 57.2 Å². The van der Waals surface area contributed by atoms with Gasteiger partial charge in [0.05, 0.1) is 18.1 Å². The van der Waals surface area contributed by atoms with Gasteiger partial charge in [-0.3, -0.25) is 9.59 Å². The highest BCUT2D eigenvalue weighted by molar-refractivity contribution is 6.69. The molecule has 0 spiro atoms. The normalized spacial score (nSPS) is 34.0. The van der Waals surface area contributed by atoms with E-state index in [-0.39, 0.29) is 23.7 Å². The smallest absolute Gasteiger partial charge is 0.228 e. The highest BCUT2D eigenvalue weighted by Crippen LogP contribution is 2.35. The number of carbonyl (C=O) groups excluding carboxylic acids is 2. The fourth-order valence-electron chi connectivity index (χ4n) is 3.46. The number of nitrogens with one attached hydrogen (secondary N) is 1. The molecule has 1 aliphatic carbocycles. The fourth-order valence-corrected chi connectivity index (χ4v) is 4.58. The van der Waals surface area contributed by atoms with Crippen LogP contribution in [0.3, 0.4) is 0 Å². The number of rotatable bonds is 6. The highest BCUT2D eigenvalue weighted by Gasteiger charge is 2.52. The second-order valence-electron chi connectivity index (χ2n) is 7.15. The van der Waals surface area contributed by atoms with Crippen molar-refractivity contribution in [3.8, 4) is 0 Å². The van der Waals surface area contributed by atoms with Gasteiger partial charge in [0.1, 0.15) is 12.8 Å². The number of methoxy groups -OCH3 is 1. The summed E-state index contributed by atoms with van der Waals surface area (Å²) in [4.78, 5) is 24.4. The lowest BCUT2D eigenvalue weighted by atomic mass is 9.71. The molecule has 5 nitrogen and oxygen atoms in total. The van der Waals surface area contributed by atoms with Crippen molar-refractivity contribution in [2.75, 3.05) is 13.8 Å². The minimum atomic E-state index is -1.96. The van der Waals surface area contributed by atoms with Gasteiger partial charge in [-0.05, 0) is 38.9 Å². The van der Waals surface area contributed by atoms with Crippen molar-refractivity contribution in [3.05, 3.63) is 0 Å². The second kappa shape index (κ2) is 6.76. The molecule has 7 heteroatoms. The minimum Gasteiger partial charge on any atom is -0.411 e. The lowest BCUT2D eigenvalue weighted by Gasteiger charge is -2.46. The van der Waals surface area contributed by atoms with Gasteiger partial charge in [-0.1, -0.05) is 0 Å². The number of amides is 1. The quantitative estimate of drug-likeness (QED) is 0.594. The first-order valence-corrected chi connectivity index (χ1v) is 11.3. The molecule has 1 N–H and O–H groups in total. The number of halogens is 1. The van der Waals surface area contributed by atoms with E-state index in [9.17, 15) is 14.0 Å². The summed E-state index contributed by atoms with van der Waals surface area (Å²) in [6.45, 7) is 5.20. The van der Waals surface area contributed by atoms with E-state index in [4.69, 9.17) is 9.16 Å². The summed E-state index contributed by atoms with van der Waals surface area (Å²) < 4.78 is 24.5. The number of ether oxygens (including phenoxy) is 1. The Morgan fingerprint density at radius 3 is 2.50 bits per heavy atom. The molecule has 2 aliphatic rings.